The lowest BCUT2D eigenvalue weighted by Crippen LogP contribution is -2.12. The number of hydrogen-bond donors (Lipinski definition) is 3. The number of amides is 1. The highest BCUT2D eigenvalue weighted by Gasteiger charge is 2.06. The molecule has 0 aromatic heterocycles. The molecular weight excluding hydrogens is 258 g/mol. The summed E-state index contributed by atoms with van der Waals surface area (Å²) in [6.45, 7) is 0. The van der Waals surface area contributed by atoms with Crippen LogP contribution in [0, 0.1) is 0 Å². The van der Waals surface area contributed by atoms with Crippen LogP contribution in [0.25, 0.3) is 0 Å². The summed E-state index contributed by atoms with van der Waals surface area (Å²) in [5.41, 5.74) is 4.67. The molecule has 0 aliphatic carbocycles. The van der Waals surface area contributed by atoms with Crippen LogP contribution < -0.4 is 16.6 Å². The number of hydrogen-bond acceptors (Lipinski definition) is 4. The van der Waals surface area contributed by atoms with E-state index in [4.69, 9.17) is 5.84 Å². The maximum atomic E-state index is 12.0. The zero-order chi connectivity index (χ0) is 13.7. The number of nitrogen functional groups attached to an aromatic ring is 1. The van der Waals surface area contributed by atoms with E-state index < -0.39 is 0 Å². The summed E-state index contributed by atoms with van der Waals surface area (Å²) in [5, 5.41) is 2.87. The molecular formula is C14H15N3OS. The minimum atomic E-state index is -0.137. The Morgan fingerprint density at radius 2 is 1.84 bits per heavy atom. The van der Waals surface area contributed by atoms with Gasteiger partial charge in [-0.25, -0.2) is 0 Å². The van der Waals surface area contributed by atoms with Crippen molar-refractivity contribution >= 4 is 29.0 Å². The van der Waals surface area contributed by atoms with Gasteiger partial charge in [0.2, 0.25) is 0 Å². The number of nitrogens with two attached hydrogens (primary N) is 1. The van der Waals surface area contributed by atoms with Crippen molar-refractivity contribution in [3.05, 3.63) is 54.1 Å². The van der Waals surface area contributed by atoms with Gasteiger partial charge < -0.3 is 10.7 Å². The number of benzene rings is 2. The SMILES string of the molecule is CSc1cccc(NC(=O)c2ccc(NN)cc2)c1. The summed E-state index contributed by atoms with van der Waals surface area (Å²) in [7, 11) is 0. The van der Waals surface area contributed by atoms with Crippen LogP contribution in [0.4, 0.5) is 11.4 Å². The van der Waals surface area contributed by atoms with Crippen LogP contribution in [0.2, 0.25) is 0 Å². The second-order valence-corrected chi connectivity index (χ2v) is 4.79. The third-order valence-electron chi connectivity index (χ3n) is 2.64. The molecule has 0 unspecified atom stereocenters. The highest BCUT2D eigenvalue weighted by molar-refractivity contribution is 7.98. The van der Waals surface area contributed by atoms with Crippen LogP contribution in [-0.2, 0) is 0 Å². The van der Waals surface area contributed by atoms with Crippen molar-refractivity contribution in [2.45, 2.75) is 4.90 Å². The first kappa shape index (κ1) is 13.5. The maximum absolute atomic E-state index is 12.0. The molecule has 2 rings (SSSR count). The fourth-order valence-electron chi connectivity index (χ4n) is 1.62. The van der Waals surface area contributed by atoms with E-state index >= 15 is 0 Å². The van der Waals surface area contributed by atoms with E-state index in [9.17, 15) is 4.79 Å². The van der Waals surface area contributed by atoms with Crippen molar-refractivity contribution in [3.63, 3.8) is 0 Å². The zero-order valence-corrected chi connectivity index (χ0v) is 11.3. The van der Waals surface area contributed by atoms with Crippen molar-refractivity contribution in [3.8, 4) is 0 Å². The molecule has 0 heterocycles. The van der Waals surface area contributed by atoms with Crippen molar-refractivity contribution < 1.29 is 4.79 Å². The normalized spacial score (nSPS) is 10.0. The predicted octanol–water partition coefficient (Wildman–Crippen LogP) is 2.95. The number of nitrogens with one attached hydrogen (secondary N) is 2. The van der Waals surface area contributed by atoms with Gasteiger partial charge in [0, 0.05) is 21.8 Å². The first-order valence-electron chi connectivity index (χ1n) is 5.75. The Kier molecular flexibility index (Phi) is 4.43. The molecule has 0 bridgehead atoms. The molecule has 0 saturated heterocycles. The van der Waals surface area contributed by atoms with E-state index in [1.807, 2.05) is 30.5 Å². The predicted molar refractivity (Wildman–Crippen MR) is 80.4 cm³/mol. The monoisotopic (exact) mass is 273 g/mol. The molecule has 0 atom stereocenters. The summed E-state index contributed by atoms with van der Waals surface area (Å²) in [6.07, 6.45) is 2.00. The van der Waals surface area contributed by atoms with Crippen LogP contribution in [-0.4, -0.2) is 12.2 Å². The number of carbonyl (C=O) groups excluding carboxylic acids is 1. The average Bonchev–Trinajstić information content (AvgIpc) is 2.47. The number of anilines is 2. The van der Waals surface area contributed by atoms with E-state index in [1.165, 1.54) is 0 Å². The largest absolute Gasteiger partial charge is 0.324 e. The third-order valence-corrected chi connectivity index (χ3v) is 3.37. The summed E-state index contributed by atoms with van der Waals surface area (Å²) in [5.74, 6) is 5.14. The molecule has 2 aromatic carbocycles. The van der Waals surface area contributed by atoms with E-state index in [2.05, 4.69) is 10.7 Å². The van der Waals surface area contributed by atoms with Crippen molar-refractivity contribution in [2.75, 3.05) is 17.0 Å². The van der Waals surface area contributed by atoms with Gasteiger partial charge in [-0.2, -0.15) is 0 Å². The number of hydrazine groups is 1. The van der Waals surface area contributed by atoms with Gasteiger partial charge in [0.05, 0.1) is 0 Å². The molecule has 0 fully saturated rings. The number of rotatable bonds is 4. The fourth-order valence-corrected chi connectivity index (χ4v) is 2.08. The Hall–Kier alpha value is -1.98. The molecule has 0 aliphatic heterocycles. The van der Waals surface area contributed by atoms with Gasteiger partial charge >= 0.3 is 0 Å². The van der Waals surface area contributed by atoms with E-state index in [-0.39, 0.29) is 5.91 Å². The second kappa shape index (κ2) is 6.26. The fraction of sp³-hybridized carbons (Fsp3) is 0.0714. The van der Waals surface area contributed by atoms with Gasteiger partial charge in [0.25, 0.3) is 5.91 Å². The highest BCUT2D eigenvalue weighted by Crippen LogP contribution is 2.19. The topological polar surface area (TPSA) is 67.2 Å². The molecule has 5 heteroatoms. The van der Waals surface area contributed by atoms with E-state index in [0.717, 1.165) is 16.3 Å². The first-order chi connectivity index (χ1) is 9.22. The number of carbonyl (C=O) groups is 1. The van der Waals surface area contributed by atoms with Gasteiger partial charge in [0.1, 0.15) is 0 Å². The molecule has 2 aromatic rings. The summed E-state index contributed by atoms with van der Waals surface area (Å²) < 4.78 is 0. The molecule has 0 saturated carbocycles. The van der Waals surface area contributed by atoms with Crippen LogP contribution in [0.15, 0.2) is 53.4 Å². The minimum Gasteiger partial charge on any atom is -0.324 e. The molecule has 4 nitrogen and oxygen atoms in total. The Morgan fingerprint density at radius 3 is 2.47 bits per heavy atom. The zero-order valence-electron chi connectivity index (χ0n) is 10.5. The van der Waals surface area contributed by atoms with Gasteiger partial charge in [-0.05, 0) is 48.7 Å². The average molecular weight is 273 g/mol. The van der Waals surface area contributed by atoms with Gasteiger partial charge in [-0.1, -0.05) is 6.07 Å². The lowest BCUT2D eigenvalue weighted by Gasteiger charge is -2.07. The summed E-state index contributed by atoms with van der Waals surface area (Å²) in [6, 6.07) is 14.7. The Morgan fingerprint density at radius 1 is 1.11 bits per heavy atom. The minimum absolute atomic E-state index is 0.137. The second-order valence-electron chi connectivity index (χ2n) is 3.91. The molecule has 4 N–H and O–H groups in total. The quantitative estimate of drug-likeness (QED) is 0.455. The Balaban J connectivity index is 2.11. The molecule has 98 valence electrons. The van der Waals surface area contributed by atoms with E-state index in [0.29, 0.717) is 5.56 Å². The molecule has 0 aliphatic rings. The summed E-state index contributed by atoms with van der Waals surface area (Å²) >= 11 is 1.64. The molecule has 19 heavy (non-hydrogen) atoms. The van der Waals surface area contributed by atoms with Crippen LogP contribution in [0.5, 0.6) is 0 Å². The summed E-state index contributed by atoms with van der Waals surface area (Å²) in [4.78, 5) is 13.2. The Bertz CT molecular complexity index is 569. The van der Waals surface area contributed by atoms with Crippen LogP contribution in [0.3, 0.4) is 0 Å². The van der Waals surface area contributed by atoms with Crippen LogP contribution in [0.1, 0.15) is 10.4 Å². The van der Waals surface area contributed by atoms with Crippen molar-refractivity contribution in [2.24, 2.45) is 5.84 Å². The molecule has 0 spiro atoms. The molecule has 0 radical (unpaired) electrons. The first-order valence-corrected chi connectivity index (χ1v) is 6.97. The number of thioether (sulfide) groups is 1. The van der Waals surface area contributed by atoms with Gasteiger partial charge in [-0.15, -0.1) is 11.8 Å². The smallest absolute Gasteiger partial charge is 0.255 e. The van der Waals surface area contributed by atoms with Gasteiger partial charge in [-0.3, -0.25) is 10.6 Å². The lowest BCUT2D eigenvalue weighted by molar-refractivity contribution is 0.102. The Labute approximate surface area is 116 Å². The standard InChI is InChI=1S/C14H15N3OS/c1-19-13-4-2-3-12(9-13)16-14(18)10-5-7-11(17-15)8-6-10/h2-9,17H,15H2,1H3,(H,16,18). The maximum Gasteiger partial charge on any atom is 0.255 e. The molecule has 1 amide bonds. The third kappa shape index (κ3) is 3.49. The lowest BCUT2D eigenvalue weighted by atomic mass is 10.2. The highest BCUT2D eigenvalue weighted by atomic mass is 32.2. The van der Waals surface area contributed by atoms with Gasteiger partial charge in [0.15, 0.2) is 0 Å². The van der Waals surface area contributed by atoms with E-state index in [1.54, 1.807) is 36.0 Å². The van der Waals surface area contributed by atoms with Crippen molar-refractivity contribution in [1.82, 2.24) is 0 Å². The van der Waals surface area contributed by atoms with Crippen molar-refractivity contribution in [1.29, 1.82) is 0 Å². The van der Waals surface area contributed by atoms with Crippen LogP contribution >= 0.6 is 11.8 Å².